The number of pyridine rings is 1. The third kappa shape index (κ3) is 5.58. The van der Waals surface area contributed by atoms with E-state index < -0.39 is 5.92 Å². The number of rotatable bonds is 7. The molecule has 2 amide bonds. The summed E-state index contributed by atoms with van der Waals surface area (Å²) < 4.78 is 9.97. The molecule has 10 nitrogen and oxygen atoms in total. The second kappa shape index (κ2) is 11.9. The number of carbonyl (C=O) groups excluding carboxylic acids is 2. The normalized spacial score (nSPS) is 21.3. The Hall–Kier alpha value is -3.60. The van der Waals surface area contributed by atoms with E-state index in [2.05, 4.69) is 55.0 Å². The van der Waals surface area contributed by atoms with E-state index in [1.165, 1.54) is 0 Å². The van der Waals surface area contributed by atoms with Gasteiger partial charge < -0.3 is 19.8 Å². The largest absolute Gasteiger partial charge is 0.379 e. The summed E-state index contributed by atoms with van der Waals surface area (Å²) in [5.74, 6) is -0.827. The standard InChI is InChI=1S/C32H41N7O3/c1-20-13-21(2)36-32(41)29(20)17-34-31(40)28-15-27-14-24(25-16-35-39(19-25)26-5-7-33-8-6-26)18-38(27)30(22(28)3)23(4)37-9-11-42-12-10-37/h13-16,18-19,23,26,29,33H,5-12,17H2,1-4H3,(H,34,40). The first-order chi connectivity index (χ1) is 20.3. The summed E-state index contributed by atoms with van der Waals surface area (Å²) >= 11 is 0. The average molecular weight is 572 g/mol. The van der Waals surface area contributed by atoms with Gasteiger partial charge in [-0.1, -0.05) is 5.57 Å². The summed E-state index contributed by atoms with van der Waals surface area (Å²) in [4.78, 5) is 32.8. The molecule has 2 fully saturated rings. The van der Waals surface area contributed by atoms with Crippen molar-refractivity contribution >= 4 is 23.0 Å². The maximum Gasteiger partial charge on any atom is 0.254 e. The van der Waals surface area contributed by atoms with Crippen LogP contribution in [0.1, 0.15) is 67.3 Å². The van der Waals surface area contributed by atoms with Crippen molar-refractivity contribution in [2.75, 3.05) is 45.9 Å². The van der Waals surface area contributed by atoms with Crippen LogP contribution in [-0.2, 0) is 9.53 Å². The van der Waals surface area contributed by atoms with E-state index in [0.717, 1.165) is 72.5 Å². The summed E-state index contributed by atoms with van der Waals surface area (Å²) in [6.07, 6.45) is 10.3. The molecule has 0 spiro atoms. The number of fused-ring (bicyclic) bond motifs is 1. The fourth-order valence-corrected chi connectivity index (χ4v) is 6.63. The monoisotopic (exact) mass is 571 g/mol. The number of amides is 2. The third-order valence-corrected chi connectivity index (χ3v) is 9.08. The molecule has 3 aromatic rings. The molecule has 3 aromatic heterocycles. The highest BCUT2D eigenvalue weighted by atomic mass is 16.5. The lowest BCUT2D eigenvalue weighted by molar-refractivity contribution is -0.120. The zero-order chi connectivity index (χ0) is 29.4. The summed E-state index contributed by atoms with van der Waals surface area (Å²) in [6, 6.07) is 4.60. The highest BCUT2D eigenvalue weighted by Crippen LogP contribution is 2.33. The highest BCUT2D eigenvalue weighted by molar-refractivity contribution is 6.06. The summed E-state index contributed by atoms with van der Waals surface area (Å²) in [7, 11) is 0. The number of aliphatic imine (C=N–C) groups is 1. The fourth-order valence-electron chi connectivity index (χ4n) is 6.63. The van der Waals surface area contributed by atoms with E-state index in [0.29, 0.717) is 30.5 Å². The van der Waals surface area contributed by atoms with Gasteiger partial charge in [0.1, 0.15) is 0 Å². The number of allylic oxidation sites excluding steroid dienone is 1. The van der Waals surface area contributed by atoms with Crippen LogP contribution >= 0.6 is 0 Å². The molecule has 3 aliphatic rings. The molecule has 222 valence electrons. The van der Waals surface area contributed by atoms with E-state index in [1.807, 2.05) is 39.1 Å². The minimum atomic E-state index is -0.440. The zero-order valence-electron chi connectivity index (χ0n) is 25.0. The number of morpholine rings is 1. The van der Waals surface area contributed by atoms with Crippen LogP contribution in [0.25, 0.3) is 16.6 Å². The lowest BCUT2D eigenvalue weighted by atomic mass is 9.95. The van der Waals surface area contributed by atoms with Gasteiger partial charge in [0.25, 0.3) is 11.8 Å². The Bertz CT molecular complexity index is 1550. The quantitative estimate of drug-likeness (QED) is 0.448. The number of dihydropyridines is 1. The third-order valence-electron chi connectivity index (χ3n) is 9.08. The maximum absolute atomic E-state index is 13.7. The number of ether oxygens (including phenoxy) is 1. The molecule has 2 atom stereocenters. The van der Waals surface area contributed by atoms with E-state index in [-0.39, 0.29) is 24.4 Å². The molecule has 6 rings (SSSR count). The minimum absolute atomic E-state index is 0.0734. The van der Waals surface area contributed by atoms with Crippen LogP contribution in [0.5, 0.6) is 0 Å². The Morgan fingerprint density at radius 1 is 1.12 bits per heavy atom. The van der Waals surface area contributed by atoms with E-state index in [1.54, 1.807) is 0 Å². The molecule has 0 aliphatic carbocycles. The summed E-state index contributed by atoms with van der Waals surface area (Å²) in [5.41, 5.74) is 7.36. The molecule has 2 saturated heterocycles. The maximum atomic E-state index is 13.7. The van der Waals surface area contributed by atoms with Crippen molar-refractivity contribution in [3.05, 3.63) is 59.2 Å². The number of piperidine rings is 1. The van der Waals surface area contributed by atoms with Gasteiger partial charge >= 0.3 is 0 Å². The number of aromatic nitrogens is 3. The molecule has 6 heterocycles. The topological polar surface area (TPSA) is 105 Å². The van der Waals surface area contributed by atoms with E-state index in [4.69, 9.17) is 9.84 Å². The Morgan fingerprint density at radius 3 is 2.62 bits per heavy atom. The van der Waals surface area contributed by atoms with Crippen LogP contribution in [0.2, 0.25) is 0 Å². The molecule has 2 N–H and O–H groups in total. The SMILES string of the molecule is CC1=CC(C)=NC(=O)C1CNC(=O)c1cc2cc(-c3cnn(C4CCNCC4)c3)cn2c(C(C)N2CCOCC2)c1C. The van der Waals surface area contributed by atoms with Gasteiger partial charge in [-0.2, -0.15) is 5.10 Å². The molecule has 3 aliphatic heterocycles. The van der Waals surface area contributed by atoms with Gasteiger partial charge in [-0.05, 0) is 77.4 Å². The first-order valence-electron chi connectivity index (χ1n) is 15.1. The van der Waals surface area contributed by atoms with Crippen LogP contribution in [0, 0.1) is 12.8 Å². The van der Waals surface area contributed by atoms with Gasteiger partial charge in [-0.15, -0.1) is 0 Å². The number of nitrogens with zero attached hydrogens (tertiary/aromatic N) is 5. The number of hydrogen-bond donors (Lipinski definition) is 2. The number of hydrogen-bond acceptors (Lipinski definition) is 6. The Balaban J connectivity index is 1.34. The first kappa shape index (κ1) is 28.5. The first-order valence-corrected chi connectivity index (χ1v) is 15.1. The van der Waals surface area contributed by atoms with Gasteiger partial charge in [0.15, 0.2) is 0 Å². The average Bonchev–Trinajstić information content (AvgIpc) is 3.64. The molecule has 2 unspecified atom stereocenters. The second-order valence-electron chi connectivity index (χ2n) is 11.8. The van der Waals surface area contributed by atoms with Gasteiger partial charge in [-0.25, -0.2) is 4.99 Å². The van der Waals surface area contributed by atoms with Crippen LogP contribution in [0.3, 0.4) is 0 Å². The molecular weight excluding hydrogens is 530 g/mol. The van der Waals surface area contributed by atoms with Crippen molar-refractivity contribution in [2.24, 2.45) is 10.9 Å². The summed E-state index contributed by atoms with van der Waals surface area (Å²) in [5, 5.41) is 11.2. The lowest BCUT2D eigenvalue weighted by Crippen LogP contribution is -2.39. The molecule has 10 heteroatoms. The summed E-state index contributed by atoms with van der Waals surface area (Å²) in [6.45, 7) is 13.3. The molecular formula is C32H41N7O3. The van der Waals surface area contributed by atoms with Crippen molar-refractivity contribution in [3.8, 4) is 11.1 Å². The number of nitrogens with one attached hydrogen (secondary N) is 2. The van der Waals surface area contributed by atoms with Crippen LogP contribution in [0.15, 0.2) is 47.4 Å². The molecule has 0 aromatic carbocycles. The van der Waals surface area contributed by atoms with Crippen LogP contribution in [-0.4, -0.2) is 82.5 Å². The van der Waals surface area contributed by atoms with Crippen molar-refractivity contribution in [3.63, 3.8) is 0 Å². The van der Waals surface area contributed by atoms with Crippen molar-refractivity contribution in [1.82, 2.24) is 29.7 Å². The predicted octanol–water partition coefficient (Wildman–Crippen LogP) is 3.72. The lowest BCUT2D eigenvalue weighted by Gasteiger charge is -2.34. The van der Waals surface area contributed by atoms with E-state index in [9.17, 15) is 9.59 Å². The molecule has 42 heavy (non-hydrogen) atoms. The second-order valence-corrected chi connectivity index (χ2v) is 11.8. The van der Waals surface area contributed by atoms with E-state index >= 15 is 0 Å². The van der Waals surface area contributed by atoms with Crippen molar-refractivity contribution in [2.45, 2.75) is 52.6 Å². The van der Waals surface area contributed by atoms with Crippen molar-refractivity contribution < 1.29 is 14.3 Å². The Labute approximate surface area is 246 Å². The zero-order valence-corrected chi connectivity index (χ0v) is 25.0. The van der Waals surface area contributed by atoms with Crippen molar-refractivity contribution in [1.29, 1.82) is 0 Å². The molecule has 0 radical (unpaired) electrons. The van der Waals surface area contributed by atoms with Crippen LogP contribution < -0.4 is 10.6 Å². The minimum Gasteiger partial charge on any atom is -0.379 e. The Morgan fingerprint density at radius 2 is 1.88 bits per heavy atom. The van der Waals surface area contributed by atoms with Gasteiger partial charge in [0.05, 0.1) is 31.4 Å². The predicted molar refractivity (Wildman–Crippen MR) is 163 cm³/mol. The van der Waals surface area contributed by atoms with Gasteiger partial charge in [-0.3, -0.25) is 19.2 Å². The Kier molecular flexibility index (Phi) is 8.11. The smallest absolute Gasteiger partial charge is 0.254 e. The molecule has 0 saturated carbocycles. The highest BCUT2D eigenvalue weighted by Gasteiger charge is 2.28. The number of carbonyl (C=O) groups is 2. The van der Waals surface area contributed by atoms with Gasteiger partial charge in [0.2, 0.25) is 0 Å². The van der Waals surface area contributed by atoms with Crippen LogP contribution in [0.4, 0.5) is 0 Å². The van der Waals surface area contributed by atoms with Gasteiger partial charge in [0, 0.05) is 71.7 Å². The fraction of sp³-hybridized carbons (Fsp3) is 0.500. The molecule has 0 bridgehead atoms.